The Hall–Kier alpha value is -3.03. The van der Waals surface area contributed by atoms with Gasteiger partial charge in [-0.05, 0) is 38.0 Å². The molecule has 1 aliphatic carbocycles. The molecule has 0 spiro atoms. The van der Waals surface area contributed by atoms with Crippen LogP contribution >= 0.6 is 0 Å². The highest BCUT2D eigenvalue weighted by atomic mass is 19.1. The van der Waals surface area contributed by atoms with E-state index in [2.05, 4.69) is 15.3 Å². The number of hydrogen-bond acceptors (Lipinski definition) is 4. The number of amides is 1. The maximum Gasteiger partial charge on any atom is 0.230 e. The number of benzene rings is 1. The van der Waals surface area contributed by atoms with Gasteiger partial charge >= 0.3 is 0 Å². The number of hydrogen-bond donors (Lipinski definition) is 1. The van der Waals surface area contributed by atoms with E-state index in [-0.39, 0.29) is 12.3 Å². The smallest absolute Gasteiger partial charge is 0.230 e. The summed E-state index contributed by atoms with van der Waals surface area (Å²) in [6.07, 6.45) is 2.44. The van der Waals surface area contributed by atoms with Crippen LogP contribution < -0.4 is 10.2 Å². The Morgan fingerprint density at radius 1 is 1.32 bits per heavy atom. The van der Waals surface area contributed by atoms with E-state index in [9.17, 15) is 13.6 Å². The van der Waals surface area contributed by atoms with Gasteiger partial charge in [-0.3, -0.25) is 9.78 Å². The Balaban J connectivity index is 1.80. The first-order valence-electron chi connectivity index (χ1n) is 9.03. The lowest BCUT2D eigenvalue weighted by atomic mass is 10.1. The van der Waals surface area contributed by atoms with E-state index in [0.29, 0.717) is 33.8 Å². The van der Waals surface area contributed by atoms with Crippen molar-refractivity contribution in [3.63, 3.8) is 0 Å². The number of fused-ring (bicyclic) bond motifs is 1. The predicted molar refractivity (Wildman–Crippen MR) is 104 cm³/mol. The van der Waals surface area contributed by atoms with E-state index in [0.717, 1.165) is 5.52 Å². The fourth-order valence-corrected chi connectivity index (χ4v) is 3.36. The van der Waals surface area contributed by atoms with Gasteiger partial charge in [-0.25, -0.2) is 13.8 Å². The van der Waals surface area contributed by atoms with Gasteiger partial charge in [0, 0.05) is 26.0 Å². The lowest BCUT2D eigenvalue weighted by Gasteiger charge is -2.23. The van der Waals surface area contributed by atoms with E-state index in [1.807, 2.05) is 17.7 Å². The first kappa shape index (κ1) is 18.3. The Morgan fingerprint density at radius 2 is 2.04 bits per heavy atom. The molecule has 0 aliphatic heterocycles. The summed E-state index contributed by atoms with van der Waals surface area (Å²) in [5.74, 6) is -1.36. The topological polar surface area (TPSA) is 63.1 Å². The summed E-state index contributed by atoms with van der Waals surface area (Å²) in [5, 5.41) is 2.79. The third kappa shape index (κ3) is 2.98. The zero-order valence-corrected chi connectivity index (χ0v) is 16.1. The Bertz CT molecular complexity index is 1090. The van der Waals surface area contributed by atoms with Crippen molar-refractivity contribution in [3.05, 3.63) is 41.7 Å². The van der Waals surface area contributed by atoms with Gasteiger partial charge in [-0.1, -0.05) is 0 Å². The summed E-state index contributed by atoms with van der Waals surface area (Å²) in [5.41, 5.74) is 3.95. The molecule has 3 aromatic rings. The summed E-state index contributed by atoms with van der Waals surface area (Å²) in [6, 6.07) is 3.61. The van der Waals surface area contributed by atoms with Crippen LogP contribution in [0, 0.1) is 25.6 Å². The molecule has 2 heterocycles. The van der Waals surface area contributed by atoms with E-state index >= 15 is 0 Å². The highest BCUT2D eigenvalue weighted by Crippen LogP contribution is 2.38. The predicted octanol–water partition coefficient (Wildman–Crippen LogP) is 3.79. The number of halogens is 2. The minimum atomic E-state index is -1.08. The quantitative estimate of drug-likeness (QED) is 0.742. The van der Waals surface area contributed by atoms with Crippen molar-refractivity contribution in [1.29, 1.82) is 0 Å². The fraction of sp³-hybridized carbons (Fsp3) is 0.350. The first-order chi connectivity index (χ1) is 13.3. The number of alkyl halides is 1. The standard InChI is InChI=1S/C20H21F2N5O/c1-10-8-23-11(2)17(22)19(10)27(4)12-5-15(25-20(28)13-7-14(13)21)18-16(6-12)26(3)9-24-18/h5-6,8-9,13-14H,7H2,1-4H3,(H,25,28)/t13-,14+/m0/s1. The van der Waals surface area contributed by atoms with Crippen LogP contribution in [0.3, 0.4) is 0 Å². The van der Waals surface area contributed by atoms with Gasteiger partial charge in [0.2, 0.25) is 5.91 Å². The lowest BCUT2D eigenvalue weighted by Crippen LogP contribution is -2.17. The summed E-state index contributed by atoms with van der Waals surface area (Å²) in [6.45, 7) is 3.41. The van der Waals surface area contributed by atoms with Crippen LogP contribution in [0.15, 0.2) is 24.7 Å². The second-order valence-corrected chi connectivity index (χ2v) is 7.31. The number of imidazole rings is 1. The average molecular weight is 385 g/mol. The molecule has 4 rings (SSSR count). The summed E-state index contributed by atoms with van der Waals surface area (Å²) in [4.78, 5) is 22.4. The third-order valence-corrected chi connectivity index (χ3v) is 5.20. The number of nitrogens with one attached hydrogen (secondary N) is 1. The van der Waals surface area contributed by atoms with Gasteiger partial charge in [-0.15, -0.1) is 0 Å². The number of rotatable bonds is 4. The lowest BCUT2D eigenvalue weighted by molar-refractivity contribution is -0.117. The summed E-state index contributed by atoms with van der Waals surface area (Å²) >= 11 is 0. The summed E-state index contributed by atoms with van der Waals surface area (Å²) in [7, 11) is 3.60. The normalized spacial score (nSPS) is 18.4. The average Bonchev–Trinajstić information content (AvgIpc) is 3.28. The van der Waals surface area contributed by atoms with Crippen molar-refractivity contribution >= 4 is 34.0 Å². The van der Waals surface area contributed by atoms with Crippen molar-refractivity contribution in [2.45, 2.75) is 26.4 Å². The van der Waals surface area contributed by atoms with Crippen molar-refractivity contribution < 1.29 is 13.6 Å². The van der Waals surface area contributed by atoms with Gasteiger partial charge in [-0.2, -0.15) is 0 Å². The van der Waals surface area contributed by atoms with Gasteiger partial charge in [0.1, 0.15) is 11.7 Å². The largest absolute Gasteiger partial charge is 0.342 e. The number of nitrogens with zero attached hydrogens (tertiary/aromatic N) is 4. The van der Waals surface area contributed by atoms with E-state index in [1.165, 1.54) is 0 Å². The molecule has 1 fully saturated rings. The van der Waals surface area contributed by atoms with Crippen LogP contribution in [0.5, 0.6) is 0 Å². The third-order valence-electron chi connectivity index (χ3n) is 5.20. The zero-order chi connectivity index (χ0) is 20.2. The summed E-state index contributed by atoms with van der Waals surface area (Å²) < 4.78 is 29.9. The molecule has 1 amide bonds. The molecule has 1 N–H and O–H groups in total. The van der Waals surface area contributed by atoms with Crippen molar-refractivity contribution in [1.82, 2.24) is 14.5 Å². The molecular formula is C20H21F2N5O. The molecule has 2 atom stereocenters. The Labute approximate surface area is 161 Å². The number of carbonyl (C=O) groups is 1. The van der Waals surface area contributed by atoms with Crippen molar-refractivity contribution in [3.8, 4) is 0 Å². The van der Waals surface area contributed by atoms with Crippen LogP contribution in [0.1, 0.15) is 17.7 Å². The molecule has 0 radical (unpaired) electrons. The zero-order valence-electron chi connectivity index (χ0n) is 16.1. The fourth-order valence-electron chi connectivity index (χ4n) is 3.36. The van der Waals surface area contributed by atoms with Crippen LogP contribution in [0.25, 0.3) is 11.0 Å². The molecule has 0 unspecified atom stereocenters. The highest BCUT2D eigenvalue weighted by Gasteiger charge is 2.43. The van der Waals surface area contributed by atoms with E-state index in [1.54, 1.807) is 44.4 Å². The monoisotopic (exact) mass is 385 g/mol. The number of aryl methyl sites for hydroxylation is 3. The first-order valence-corrected chi connectivity index (χ1v) is 9.03. The van der Waals surface area contributed by atoms with Crippen LogP contribution in [-0.2, 0) is 11.8 Å². The van der Waals surface area contributed by atoms with Gasteiger partial charge in [0.15, 0.2) is 5.82 Å². The molecule has 146 valence electrons. The minimum Gasteiger partial charge on any atom is -0.342 e. The van der Waals surface area contributed by atoms with Gasteiger partial charge < -0.3 is 14.8 Å². The highest BCUT2D eigenvalue weighted by molar-refractivity contribution is 6.03. The molecule has 6 nitrogen and oxygen atoms in total. The van der Waals surface area contributed by atoms with E-state index < -0.39 is 17.9 Å². The van der Waals surface area contributed by atoms with E-state index in [4.69, 9.17) is 0 Å². The Kier molecular flexibility index (Phi) is 4.28. The molecule has 2 aromatic heterocycles. The van der Waals surface area contributed by atoms with Crippen LogP contribution in [0.4, 0.5) is 25.8 Å². The number of pyridine rings is 1. The molecule has 28 heavy (non-hydrogen) atoms. The Morgan fingerprint density at radius 3 is 2.71 bits per heavy atom. The molecule has 1 aliphatic rings. The molecule has 1 saturated carbocycles. The second kappa shape index (κ2) is 6.54. The van der Waals surface area contributed by atoms with Gasteiger partial charge in [0.05, 0.1) is 34.8 Å². The number of anilines is 3. The van der Waals surface area contributed by atoms with Crippen molar-refractivity contribution in [2.24, 2.45) is 13.0 Å². The van der Waals surface area contributed by atoms with Crippen LogP contribution in [-0.4, -0.2) is 33.7 Å². The molecule has 1 aromatic carbocycles. The second-order valence-electron chi connectivity index (χ2n) is 7.31. The maximum absolute atomic E-state index is 14.8. The minimum absolute atomic E-state index is 0.248. The molecule has 8 heteroatoms. The number of carbonyl (C=O) groups excluding carboxylic acids is 1. The molecule has 0 saturated heterocycles. The SMILES string of the molecule is Cc1cnc(C)c(F)c1N(C)c1cc(NC(=O)[C@H]2C[C@H]2F)c2ncn(C)c2c1. The maximum atomic E-state index is 14.8. The van der Waals surface area contributed by atoms with Crippen LogP contribution in [0.2, 0.25) is 0 Å². The van der Waals surface area contributed by atoms with Crippen molar-refractivity contribution in [2.75, 3.05) is 17.3 Å². The molecular weight excluding hydrogens is 364 g/mol. The molecule has 0 bridgehead atoms. The number of aromatic nitrogens is 3. The van der Waals surface area contributed by atoms with Gasteiger partial charge in [0.25, 0.3) is 0 Å².